The number of benzene rings is 1. The Morgan fingerprint density at radius 3 is 2.52 bits per heavy atom. The average molecular weight is 415 g/mol. The molecule has 2 heterocycles. The first-order valence-electron chi connectivity index (χ1n) is 10.7. The Kier molecular flexibility index (Phi) is 9.08. The van der Waals surface area contributed by atoms with Crippen LogP contribution < -0.4 is 11.1 Å². The van der Waals surface area contributed by atoms with Gasteiger partial charge in [0.2, 0.25) is 5.91 Å². The SMILES string of the molecule is C=C/C=C1\C=C(/C)C/C=C\C=C(/N)c2ccc(cc2)NC(=O)CC(=C/C)/C=C(/C)C1C. The molecule has 0 spiro atoms. The third-order valence-electron chi connectivity index (χ3n) is 5.41. The highest BCUT2D eigenvalue weighted by Gasteiger charge is 2.11. The minimum absolute atomic E-state index is 0.0421. The molecule has 0 saturated heterocycles. The third-order valence-corrected chi connectivity index (χ3v) is 5.41. The first kappa shape index (κ1) is 23.9. The summed E-state index contributed by atoms with van der Waals surface area (Å²) in [5.41, 5.74) is 13.2. The molecule has 3 nitrogen and oxygen atoms in total. The van der Waals surface area contributed by atoms with Crippen LogP contribution in [0.2, 0.25) is 0 Å². The summed E-state index contributed by atoms with van der Waals surface area (Å²) in [6.45, 7) is 12.3. The second kappa shape index (κ2) is 11.8. The highest BCUT2D eigenvalue weighted by Crippen LogP contribution is 2.25. The van der Waals surface area contributed by atoms with Gasteiger partial charge < -0.3 is 11.1 Å². The summed E-state index contributed by atoms with van der Waals surface area (Å²) in [6, 6.07) is 7.60. The van der Waals surface area contributed by atoms with Crippen molar-refractivity contribution in [1.29, 1.82) is 0 Å². The summed E-state index contributed by atoms with van der Waals surface area (Å²) in [4.78, 5) is 12.6. The first-order valence-corrected chi connectivity index (χ1v) is 10.7. The van der Waals surface area contributed by atoms with Crippen molar-refractivity contribution in [3.8, 4) is 0 Å². The van der Waals surface area contributed by atoms with Crippen LogP contribution >= 0.6 is 0 Å². The van der Waals surface area contributed by atoms with Gasteiger partial charge >= 0.3 is 0 Å². The molecule has 0 aliphatic carbocycles. The van der Waals surface area contributed by atoms with E-state index in [2.05, 4.69) is 57.0 Å². The zero-order valence-electron chi connectivity index (χ0n) is 19.1. The fraction of sp³-hybridized carbons (Fsp3) is 0.250. The minimum Gasteiger partial charge on any atom is -0.398 e. The smallest absolute Gasteiger partial charge is 0.228 e. The molecule has 2 aliphatic rings. The fourth-order valence-electron chi connectivity index (χ4n) is 3.37. The van der Waals surface area contributed by atoms with Gasteiger partial charge in [-0.05, 0) is 62.1 Å². The van der Waals surface area contributed by atoms with Crippen LogP contribution in [0.3, 0.4) is 0 Å². The van der Waals surface area contributed by atoms with Crippen LogP contribution in [0, 0.1) is 5.92 Å². The van der Waals surface area contributed by atoms with E-state index >= 15 is 0 Å². The molecule has 1 unspecified atom stereocenters. The van der Waals surface area contributed by atoms with Gasteiger partial charge in [-0.2, -0.15) is 0 Å². The van der Waals surface area contributed by atoms with Gasteiger partial charge in [0.25, 0.3) is 0 Å². The Morgan fingerprint density at radius 2 is 1.87 bits per heavy atom. The van der Waals surface area contributed by atoms with Crippen LogP contribution in [0.4, 0.5) is 5.69 Å². The molecule has 3 rings (SSSR count). The van der Waals surface area contributed by atoms with E-state index in [9.17, 15) is 4.79 Å². The molecular weight excluding hydrogens is 380 g/mol. The number of fused-ring (bicyclic) bond motifs is 12. The molecule has 2 bridgehead atoms. The number of hydrogen-bond donors (Lipinski definition) is 2. The van der Waals surface area contributed by atoms with Gasteiger partial charge in [0, 0.05) is 17.3 Å². The summed E-state index contributed by atoms with van der Waals surface area (Å²) in [5, 5.41) is 2.97. The van der Waals surface area contributed by atoms with Crippen LogP contribution in [0.1, 0.15) is 46.1 Å². The Balaban J connectivity index is 2.46. The quantitative estimate of drug-likeness (QED) is 0.527. The molecule has 1 aromatic rings. The van der Waals surface area contributed by atoms with Crippen LogP contribution in [-0.4, -0.2) is 5.91 Å². The summed E-state index contributed by atoms with van der Waals surface area (Å²) in [6.07, 6.45) is 17.4. The number of nitrogens with one attached hydrogen (secondary N) is 1. The maximum absolute atomic E-state index is 12.6. The van der Waals surface area contributed by atoms with E-state index in [1.807, 2.05) is 55.5 Å². The summed E-state index contributed by atoms with van der Waals surface area (Å²) < 4.78 is 0. The van der Waals surface area contributed by atoms with E-state index < -0.39 is 0 Å². The molecule has 3 heteroatoms. The molecule has 1 aromatic carbocycles. The number of hydrogen-bond acceptors (Lipinski definition) is 2. The van der Waals surface area contributed by atoms with E-state index in [-0.39, 0.29) is 11.8 Å². The minimum atomic E-state index is -0.0421. The highest BCUT2D eigenvalue weighted by molar-refractivity contribution is 5.92. The molecule has 1 amide bonds. The van der Waals surface area contributed by atoms with Gasteiger partial charge in [-0.15, -0.1) is 0 Å². The standard InChI is InChI=1S/C28H34N2O/c1-6-10-25-17-20(3)11-8-9-12-27(29)24-13-15-26(16-14-24)30-28(31)19-23(7-2)18-21(4)22(25)5/h6-10,12-18,22H,1,11,19,29H2,2-5H3,(H,30,31)/b9-8-,20-17+,21-18-,23-7+,25-10+,27-12-. The normalized spacial score (nSPS) is 27.5. The van der Waals surface area contributed by atoms with Crippen LogP contribution in [-0.2, 0) is 4.79 Å². The number of allylic oxidation sites excluding steroid dienone is 11. The number of carbonyl (C=O) groups is 1. The van der Waals surface area contributed by atoms with Gasteiger partial charge in [0.05, 0.1) is 6.42 Å². The van der Waals surface area contributed by atoms with E-state index in [4.69, 9.17) is 5.73 Å². The molecule has 0 aromatic heterocycles. The van der Waals surface area contributed by atoms with E-state index in [1.54, 1.807) is 0 Å². The Hall–Kier alpha value is -3.33. The maximum Gasteiger partial charge on any atom is 0.228 e. The number of carbonyl (C=O) groups excluding carboxylic acids is 1. The van der Waals surface area contributed by atoms with Crippen LogP contribution in [0.5, 0.6) is 0 Å². The van der Waals surface area contributed by atoms with Crippen molar-refractivity contribution in [1.82, 2.24) is 0 Å². The van der Waals surface area contributed by atoms with Crippen molar-refractivity contribution in [3.05, 3.63) is 107 Å². The summed E-state index contributed by atoms with van der Waals surface area (Å²) >= 11 is 0. The maximum atomic E-state index is 12.6. The molecule has 31 heavy (non-hydrogen) atoms. The zero-order valence-corrected chi connectivity index (χ0v) is 19.1. The number of rotatable bonds is 1. The first-order chi connectivity index (χ1) is 14.8. The lowest BCUT2D eigenvalue weighted by molar-refractivity contribution is -0.115. The molecule has 0 fully saturated rings. The van der Waals surface area contributed by atoms with Crippen molar-refractivity contribution in [2.45, 2.75) is 40.5 Å². The Morgan fingerprint density at radius 1 is 1.16 bits per heavy atom. The van der Waals surface area contributed by atoms with Gasteiger partial charge in [0.15, 0.2) is 0 Å². The Bertz CT molecular complexity index is 982. The molecule has 0 saturated carbocycles. The van der Waals surface area contributed by atoms with Gasteiger partial charge in [-0.3, -0.25) is 4.79 Å². The van der Waals surface area contributed by atoms with Gasteiger partial charge in [-0.25, -0.2) is 0 Å². The molecule has 3 N–H and O–H groups in total. The van der Waals surface area contributed by atoms with Crippen molar-refractivity contribution in [2.24, 2.45) is 11.7 Å². The van der Waals surface area contributed by atoms with E-state index in [0.717, 1.165) is 23.2 Å². The Labute approximate surface area is 187 Å². The van der Waals surface area contributed by atoms with Crippen molar-refractivity contribution in [3.63, 3.8) is 0 Å². The molecule has 1 atom stereocenters. The second-order valence-electron chi connectivity index (χ2n) is 7.92. The summed E-state index contributed by atoms with van der Waals surface area (Å²) in [7, 11) is 0. The second-order valence-corrected chi connectivity index (χ2v) is 7.92. The highest BCUT2D eigenvalue weighted by atomic mass is 16.1. The average Bonchev–Trinajstić information content (AvgIpc) is 2.75. The number of anilines is 1. The van der Waals surface area contributed by atoms with E-state index in [0.29, 0.717) is 12.1 Å². The largest absolute Gasteiger partial charge is 0.398 e. The topological polar surface area (TPSA) is 55.1 Å². The fourth-order valence-corrected chi connectivity index (χ4v) is 3.37. The van der Waals surface area contributed by atoms with Crippen LogP contribution in [0.25, 0.3) is 5.70 Å². The third kappa shape index (κ3) is 7.45. The monoisotopic (exact) mass is 414 g/mol. The zero-order chi connectivity index (χ0) is 22.8. The predicted octanol–water partition coefficient (Wildman–Crippen LogP) is 6.86. The molecule has 2 aliphatic heterocycles. The van der Waals surface area contributed by atoms with Crippen molar-refractivity contribution in [2.75, 3.05) is 5.32 Å². The lowest BCUT2D eigenvalue weighted by Crippen LogP contribution is -2.12. The lowest BCUT2D eigenvalue weighted by atomic mass is 9.89. The number of nitrogens with two attached hydrogens (primary N) is 1. The van der Waals surface area contributed by atoms with Gasteiger partial charge in [0.1, 0.15) is 0 Å². The molecule has 0 radical (unpaired) electrons. The van der Waals surface area contributed by atoms with Crippen molar-refractivity contribution < 1.29 is 4.79 Å². The number of amides is 1. The molecular formula is C28H34N2O. The summed E-state index contributed by atoms with van der Waals surface area (Å²) in [5.74, 6) is 0.166. The predicted molar refractivity (Wildman–Crippen MR) is 134 cm³/mol. The van der Waals surface area contributed by atoms with E-state index in [1.165, 1.54) is 16.7 Å². The molecule has 162 valence electrons. The lowest BCUT2D eigenvalue weighted by Gasteiger charge is -2.16. The van der Waals surface area contributed by atoms with Crippen molar-refractivity contribution >= 4 is 17.3 Å². The van der Waals surface area contributed by atoms with Crippen LogP contribution in [0.15, 0.2) is 102 Å². The van der Waals surface area contributed by atoms with Gasteiger partial charge in [-0.1, -0.05) is 79.3 Å².